The standard InChI is InChI=1S/C13H27NO2/c1-4-5-6-7-8-9-13(2,11-14)10-12(15)16-3/h4-11,14H2,1-3H3. The van der Waals surface area contributed by atoms with Crippen LogP contribution in [0.3, 0.4) is 0 Å². The highest BCUT2D eigenvalue weighted by atomic mass is 16.5. The molecule has 0 amide bonds. The van der Waals surface area contributed by atoms with Gasteiger partial charge in [0.2, 0.25) is 0 Å². The van der Waals surface area contributed by atoms with Gasteiger partial charge >= 0.3 is 5.97 Å². The van der Waals surface area contributed by atoms with E-state index in [1.807, 2.05) is 0 Å². The van der Waals surface area contributed by atoms with E-state index in [0.29, 0.717) is 13.0 Å². The van der Waals surface area contributed by atoms with E-state index < -0.39 is 0 Å². The quantitative estimate of drug-likeness (QED) is 0.488. The third-order valence-corrected chi connectivity index (χ3v) is 3.18. The topological polar surface area (TPSA) is 52.3 Å². The van der Waals surface area contributed by atoms with E-state index >= 15 is 0 Å². The summed E-state index contributed by atoms with van der Waals surface area (Å²) in [5.41, 5.74) is 5.66. The summed E-state index contributed by atoms with van der Waals surface area (Å²) in [5, 5.41) is 0. The lowest BCUT2D eigenvalue weighted by molar-refractivity contribution is -0.143. The van der Waals surface area contributed by atoms with Gasteiger partial charge in [-0.15, -0.1) is 0 Å². The average Bonchev–Trinajstić information content (AvgIpc) is 2.28. The molecular weight excluding hydrogens is 202 g/mol. The molecule has 0 fully saturated rings. The van der Waals surface area contributed by atoms with Crippen LogP contribution in [0.4, 0.5) is 0 Å². The molecule has 1 atom stereocenters. The van der Waals surface area contributed by atoms with Crippen molar-refractivity contribution in [3.8, 4) is 0 Å². The maximum absolute atomic E-state index is 11.2. The first-order chi connectivity index (χ1) is 7.58. The molecule has 3 nitrogen and oxygen atoms in total. The Hall–Kier alpha value is -0.570. The second-order valence-electron chi connectivity index (χ2n) is 4.93. The molecule has 0 spiro atoms. The highest BCUT2D eigenvalue weighted by molar-refractivity contribution is 5.70. The first-order valence-electron chi connectivity index (χ1n) is 6.35. The van der Waals surface area contributed by atoms with E-state index in [2.05, 4.69) is 13.8 Å². The number of nitrogens with two attached hydrogens (primary N) is 1. The normalized spacial score (nSPS) is 14.5. The Morgan fingerprint density at radius 3 is 2.38 bits per heavy atom. The van der Waals surface area contributed by atoms with Crippen LogP contribution in [0.25, 0.3) is 0 Å². The van der Waals surface area contributed by atoms with E-state index in [0.717, 1.165) is 12.8 Å². The molecule has 0 aromatic heterocycles. The van der Waals surface area contributed by atoms with Gasteiger partial charge in [0.25, 0.3) is 0 Å². The number of esters is 1. The van der Waals surface area contributed by atoms with Crippen molar-refractivity contribution in [1.29, 1.82) is 0 Å². The van der Waals surface area contributed by atoms with Crippen LogP contribution in [-0.4, -0.2) is 19.6 Å². The number of hydrogen-bond acceptors (Lipinski definition) is 3. The van der Waals surface area contributed by atoms with Gasteiger partial charge in [0.15, 0.2) is 0 Å². The van der Waals surface area contributed by atoms with Gasteiger partial charge in [-0.1, -0.05) is 46.0 Å². The molecular formula is C13H27NO2. The predicted molar refractivity (Wildman–Crippen MR) is 67.2 cm³/mol. The maximum Gasteiger partial charge on any atom is 0.306 e. The van der Waals surface area contributed by atoms with Crippen LogP contribution in [-0.2, 0) is 9.53 Å². The second-order valence-corrected chi connectivity index (χ2v) is 4.93. The molecule has 1 unspecified atom stereocenters. The Kier molecular flexibility index (Phi) is 8.26. The van der Waals surface area contributed by atoms with Gasteiger partial charge in [0, 0.05) is 0 Å². The van der Waals surface area contributed by atoms with Crippen molar-refractivity contribution in [2.24, 2.45) is 11.1 Å². The Balaban J connectivity index is 3.83. The van der Waals surface area contributed by atoms with Gasteiger partial charge in [0.1, 0.15) is 0 Å². The number of methoxy groups -OCH3 is 1. The highest BCUT2D eigenvalue weighted by Crippen LogP contribution is 2.28. The molecule has 96 valence electrons. The van der Waals surface area contributed by atoms with Crippen molar-refractivity contribution in [3.63, 3.8) is 0 Å². The Bertz CT molecular complexity index is 194. The minimum atomic E-state index is -0.151. The van der Waals surface area contributed by atoms with Crippen LogP contribution in [0.5, 0.6) is 0 Å². The lowest BCUT2D eigenvalue weighted by atomic mass is 9.81. The highest BCUT2D eigenvalue weighted by Gasteiger charge is 2.25. The lowest BCUT2D eigenvalue weighted by Crippen LogP contribution is -2.30. The minimum Gasteiger partial charge on any atom is -0.469 e. The maximum atomic E-state index is 11.2. The summed E-state index contributed by atoms with van der Waals surface area (Å²) in [6, 6.07) is 0. The Morgan fingerprint density at radius 2 is 1.88 bits per heavy atom. The summed E-state index contributed by atoms with van der Waals surface area (Å²) in [6.45, 7) is 4.83. The summed E-state index contributed by atoms with van der Waals surface area (Å²) < 4.78 is 4.70. The molecule has 0 aliphatic rings. The van der Waals surface area contributed by atoms with Gasteiger partial charge in [0.05, 0.1) is 13.5 Å². The van der Waals surface area contributed by atoms with Crippen LogP contribution in [0.1, 0.15) is 58.8 Å². The van der Waals surface area contributed by atoms with E-state index in [9.17, 15) is 4.79 Å². The molecule has 3 heteroatoms. The molecule has 0 heterocycles. The van der Waals surface area contributed by atoms with Crippen LogP contribution in [0, 0.1) is 5.41 Å². The first kappa shape index (κ1) is 15.4. The van der Waals surface area contributed by atoms with Crippen molar-refractivity contribution in [1.82, 2.24) is 0 Å². The second kappa shape index (κ2) is 8.57. The SMILES string of the molecule is CCCCCCCC(C)(CN)CC(=O)OC. The van der Waals surface area contributed by atoms with Crippen LogP contribution in [0.15, 0.2) is 0 Å². The summed E-state index contributed by atoms with van der Waals surface area (Å²) in [4.78, 5) is 11.2. The van der Waals surface area contributed by atoms with Gasteiger partial charge in [-0.05, 0) is 18.4 Å². The summed E-state index contributed by atoms with van der Waals surface area (Å²) >= 11 is 0. The summed E-state index contributed by atoms with van der Waals surface area (Å²) in [7, 11) is 1.43. The van der Waals surface area contributed by atoms with Crippen molar-refractivity contribution < 1.29 is 9.53 Å². The number of carbonyl (C=O) groups excluding carboxylic acids is 1. The van der Waals surface area contributed by atoms with Crippen molar-refractivity contribution in [2.75, 3.05) is 13.7 Å². The summed E-state index contributed by atoms with van der Waals surface area (Å²) in [6.07, 6.45) is 7.70. The molecule has 0 rings (SSSR count). The third kappa shape index (κ3) is 6.83. The molecule has 0 saturated heterocycles. The Morgan fingerprint density at radius 1 is 1.25 bits per heavy atom. The van der Waals surface area contributed by atoms with Crippen molar-refractivity contribution in [2.45, 2.75) is 58.8 Å². The number of unbranched alkanes of at least 4 members (excludes halogenated alkanes) is 4. The smallest absolute Gasteiger partial charge is 0.306 e. The fourth-order valence-corrected chi connectivity index (χ4v) is 1.84. The molecule has 0 radical (unpaired) electrons. The van der Waals surface area contributed by atoms with E-state index in [-0.39, 0.29) is 11.4 Å². The molecule has 0 saturated carbocycles. The zero-order chi connectivity index (χ0) is 12.4. The van der Waals surface area contributed by atoms with Crippen LogP contribution < -0.4 is 5.73 Å². The molecule has 0 bridgehead atoms. The van der Waals surface area contributed by atoms with Gasteiger partial charge in [-0.2, -0.15) is 0 Å². The van der Waals surface area contributed by atoms with Crippen molar-refractivity contribution >= 4 is 5.97 Å². The lowest BCUT2D eigenvalue weighted by Gasteiger charge is -2.26. The zero-order valence-electron chi connectivity index (χ0n) is 11.1. The first-order valence-corrected chi connectivity index (χ1v) is 6.35. The van der Waals surface area contributed by atoms with E-state index in [1.54, 1.807) is 0 Å². The van der Waals surface area contributed by atoms with Crippen LogP contribution in [0.2, 0.25) is 0 Å². The zero-order valence-corrected chi connectivity index (χ0v) is 11.1. The molecule has 16 heavy (non-hydrogen) atoms. The monoisotopic (exact) mass is 229 g/mol. The van der Waals surface area contributed by atoms with E-state index in [4.69, 9.17) is 10.5 Å². The average molecular weight is 229 g/mol. The number of carbonyl (C=O) groups is 1. The van der Waals surface area contributed by atoms with Gasteiger partial charge in [-0.25, -0.2) is 0 Å². The summed E-state index contributed by atoms with van der Waals surface area (Å²) in [5.74, 6) is -0.151. The predicted octanol–water partition coefficient (Wildman–Crippen LogP) is 2.88. The number of ether oxygens (including phenoxy) is 1. The minimum absolute atomic E-state index is 0.0840. The molecule has 0 aromatic carbocycles. The molecule has 0 aliphatic heterocycles. The van der Waals surface area contributed by atoms with Gasteiger partial charge in [-0.3, -0.25) is 4.79 Å². The molecule has 2 N–H and O–H groups in total. The van der Waals surface area contributed by atoms with Crippen LogP contribution >= 0.6 is 0 Å². The Labute approximate surface area is 99.7 Å². The fraction of sp³-hybridized carbons (Fsp3) is 0.923. The van der Waals surface area contributed by atoms with Gasteiger partial charge < -0.3 is 10.5 Å². The number of rotatable bonds is 9. The van der Waals surface area contributed by atoms with Crippen molar-refractivity contribution in [3.05, 3.63) is 0 Å². The largest absolute Gasteiger partial charge is 0.469 e. The molecule has 0 aliphatic carbocycles. The van der Waals surface area contributed by atoms with E-state index in [1.165, 1.54) is 32.8 Å². The number of hydrogen-bond donors (Lipinski definition) is 1. The third-order valence-electron chi connectivity index (χ3n) is 3.18. The molecule has 0 aromatic rings. The fourth-order valence-electron chi connectivity index (χ4n) is 1.84.